The quantitative estimate of drug-likeness (QED) is 0.589. The van der Waals surface area contributed by atoms with Gasteiger partial charge in [0.15, 0.2) is 0 Å². The minimum atomic E-state index is -0.464. The Balaban J connectivity index is 1.63. The predicted molar refractivity (Wildman–Crippen MR) is 105 cm³/mol. The molecular weight excluding hydrogens is 383 g/mol. The van der Waals surface area contributed by atoms with E-state index in [1.807, 2.05) is 17.5 Å². The highest BCUT2D eigenvalue weighted by molar-refractivity contribution is 7.13. The van der Waals surface area contributed by atoms with Gasteiger partial charge in [0.25, 0.3) is 5.89 Å². The van der Waals surface area contributed by atoms with Gasteiger partial charge in [-0.05, 0) is 36.1 Å². The number of carbonyl (C=O) groups is 1. The normalized spacial score (nSPS) is 11.1. The first kappa shape index (κ1) is 20.1. The summed E-state index contributed by atoms with van der Waals surface area (Å²) in [7, 11) is 1.58. The van der Waals surface area contributed by atoms with Crippen LogP contribution in [0, 0.1) is 12.7 Å². The Morgan fingerprint density at radius 3 is 2.93 bits per heavy atom. The molecule has 1 amide bonds. The number of benzene rings is 1. The molecule has 0 radical (unpaired) electrons. The maximum absolute atomic E-state index is 14.0. The van der Waals surface area contributed by atoms with Crippen molar-refractivity contribution in [3.8, 4) is 10.8 Å². The Hall–Kier alpha value is -2.62. The molecule has 0 spiro atoms. The second-order valence-corrected chi connectivity index (χ2v) is 7.16. The molecular formula is C19H21FN4O3S. The fraction of sp³-hybridized carbons (Fsp3) is 0.316. The van der Waals surface area contributed by atoms with E-state index < -0.39 is 5.82 Å². The van der Waals surface area contributed by atoms with Crippen molar-refractivity contribution < 1.29 is 18.3 Å². The van der Waals surface area contributed by atoms with Crippen LogP contribution in [0.4, 0.5) is 10.1 Å². The summed E-state index contributed by atoms with van der Waals surface area (Å²) in [5.74, 6) is 0.0443. The van der Waals surface area contributed by atoms with Gasteiger partial charge in [-0.25, -0.2) is 4.39 Å². The third-order valence-corrected chi connectivity index (χ3v) is 4.79. The topological polar surface area (TPSA) is 80.5 Å². The highest BCUT2D eigenvalue weighted by atomic mass is 32.1. The van der Waals surface area contributed by atoms with Crippen molar-refractivity contribution in [1.82, 2.24) is 15.1 Å². The summed E-state index contributed by atoms with van der Waals surface area (Å²) >= 11 is 1.51. The molecule has 0 bridgehead atoms. The van der Waals surface area contributed by atoms with Crippen LogP contribution < -0.4 is 5.32 Å². The third-order valence-electron chi connectivity index (χ3n) is 3.94. The number of methoxy groups -OCH3 is 1. The number of ether oxygens (including phenoxy) is 1. The van der Waals surface area contributed by atoms with Crippen LogP contribution >= 0.6 is 11.3 Å². The summed E-state index contributed by atoms with van der Waals surface area (Å²) in [6.45, 7) is 3.02. The van der Waals surface area contributed by atoms with E-state index in [4.69, 9.17) is 9.15 Å². The highest BCUT2D eigenvalue weighted by Gasteiger charge is 2.17. The number of thiophene rings is 1. The fourth-order valence-corrected chi connectivity index (χ4v) is 3.20. The molecule has 2 aromatic heterocycles. The first-order valence-electron chi connectivity index (χ1n) is 8.68. The van der Waals surface area contributed by atoms with Gasteiger partial charge in [-0.1, -0.05) is 12.1 Å². The van der Waals surface area contributed by atoms with Crippen molar-refractivity contribution >= 4 is 22.9 Å². The van der Waals surface area contributed by atoms with E-state index in [0.29, 0.717) is 24.9 Å². The van der Waals surface area contributed by atoms with Crippen molar-refractivity contribution in [2.45, 2.75) is 13.5 Å². The van der Waals surface area contributed by atoms with E-state index in [0.717, 1.165) is 10.4 Å². The summed E-state index contributed by atoms with van der Waals surface area (Å²) in [4.78, 5) is 15.1. The molecule has 7 nitrogen and oxygen atoms in total. The van der Waals surface area contributed by atoms with E-state index in [-0.39, 0.29) is 24.7 Å². The SMILES string of the molecule is COCCN(CC(=O)Nc1ccc(C)cc1F)Cc1nnc(-c2cccs2)o1. The molecule has 0 saturated heterocycles. The number of rotatable bonds is 9. The summed E-state index contributed by atoms with van der Waals surface area (Å²) in [6, 6.07) is 8.47. The summed E-state index contributed by atoms with van der Waals surface area (Å²) in [5, 5.41) is 12.6. The standard InChI is InChI=1S/C19H21FN4O3S/c1-13-5-6-15(14(20)10-13)21-17(25)11-24(7-8-26-2)12-18-22-23-19(27-18)16-4-3-9-28-16/h3-6,9-10H,7-8,11-12H2,1-2H3,(H,21,25). The lowest BCUT2D eigenvalue weighted by Gasteiger charge is -2.19. The van der Waals surface area contributed by atoms with Crippen LogP contribution in [0.3, 0.4) is 0 Å². The summed E-state index contributed by atoms with van der Waals surface area (Å²) in [5.41, 5.74) is 0.940. The van der Waals surface area contributed by atoms with E-state index in [2.05, 4.69) is 15.5 Å². The first-order valence-corrected chi connectivity index (χ1v) is 9.56. The van der Waals surface area contributed by atoms with E-state index in [1.54, 1.807) is 31.1 Å². The molecule has 0 unspecified atom stereocenters. The number of nitrogens with zero attached hydrogens (tertiary/aromatic N) is 3. The van der Waals surface area contributed by atoms with Crippen molar-refractivity contribution in [2.75, 3.05) is 32.1 Å². The number of hydrogen-bond donors (Lipinski definition) is 1. The number of aryl methyl sites for hydroxylation is 1. The second kappa shape index (κ2) is 9.54. The maximum atomic E-state index is 14.0. The zero-order chi connectivity index (χ0) is 19.9. The number of amides is 1. The molecule has 9 heteroatoms. The number of hydrogen-bond acceptors (Lipinski definition) is 7. The fourth-order valence-electron chi connectivity index (χ4n) is 2.56. The van der Waals surface area contributed by atoms with Crippen LogP contribution in [0.15, 0.2) is 40.1 Å². The Morgan fingerprint density at radius 2 is 2.21 bits per heavy atom. The zero-order valence-electron chi connectivity index (χ0n) is 15.6. The molecule has 0 saturated carbocycles. The average Bonchev–Trinajstić information content (AvgIpc) is 3.33. The van der Waals surface area contributed by atoms with Crippen LogP contribution in [-0.4, -0.2) is 47.8 Å². The van der Waals surface area contributed by atoms with Crippen molar-refractivity contribution in [3.63, 3.8) is 0 Å². The third kappa shape index (κ3) is 5.44. The molecule has 1 N–H and O–H groups in total. The zero-order valence-corrected chi connectivity index (χ0v) is 16.5. The smallest absolute Gasteiger partial charge is 0.257 e. The molecule has 1 aromatic carbocycles. The van der Waals surface area contributed by atoms with Gasteiger partial charge in [0.05, 0.1) is 30.3 Å². The van der Waals surface area contributed by atoms with Crippen molar-refractivity contribution in [3.05, 3.63) is 53.0 Å². The lowest BCUT2D eigenvalue weighted by molar-refractivity contribution is -0.117. The largest absolute Gasteiger partial charge is 0.419 e. The predicted octanol–water partition coefficient (Wildman–Crippen LogP) is 3.33. The number of carbonyl (C=O) groups excluding carboxylic acids is 1. The van der Waals surface area contributed by atoms with Gasteiger partial charge >= 0.3 is 0 Å². The van der Waals surface area contributed by atoms with Crippen molar-refractivity contribution in [1.29, 1.82) is 0 Å². The second-order valence-electron chi connectivity index (χ2n) is 6.21. The van der Waals surface area contributed by atoms with Crippen LogP contribution in [0.2, 0.25) is 0 Å². The van der Waals surface area contributed by atoms with Gasteiger partial charge in [0.1, 0.15) is 5.82 Å². The molecule has 0 aliphatic rings. The number of nitrogens with one attached hydrogen (secondary N) is 1. The number of halogens is 1. The van der Waals surface area contributed by atoms with Gasteiger partial charge < -0.3 is 14.5 Å². The molecule has 0 aliphatic heterocycles. The van der Waals surface area contributed by atoms with Crippen LogP contribution in [0.5, 0.6) is 0 Å². The van der Waals surface area contributed by atoms with Gasteiger partial charge in [0.2, 0.25) is 11.8 Å². The molecule has 0 fully saturated rings. The summed E-state index contributed by atoms with van der Waals surface area (Å²) in [6.07, 6.45) is 0. The molecule has 0 aliphatic carbocycles. The molecule has 3 aromatic rings. The van der Waals surface area contributed by atoms with E-state index >= 15 is 0 Å². The minimum absolute atomic E-state index is 0.0351. The lowest BCUT2D eigenvalue weighted by atomic mass is 10.2. The van der Waals surface area contributed by atoms with E-state index in [1.165, 1.54) is 17.4 Å². The molecule has 2 heterocycles. The Morgan fingerprint density at radius 1 is 1.36 bits per heavy atom. The van der Waals surface area contributed by atoms with Gasteiger partial charge in [-0.15, -0.1) is 21.5 Å². The molecule has 3 rings (SSSR count). The lowest BCUT2D eigenvalue weighted by Crippen LogP contribution is -2.35. The van der Waals surface area contributed by atoms with E-state index in [9.17, 15) is 9.18 Å². The van der Waals surface area contributed by atoms with Gasteiger partial charge in [-0.3, -0.25) is 9.69 Å². The molecule has 148 valence electrons. The Bertz CT molecular complexity index is 914. The van der Waals surface area contributed by atoms with Crippen LogP contribution in [0.1, 0.15) is 11.5 Å². The summed E-state index contributed by atoms with van der Waals surface area (Å²) < 4.78 is 24.7. The van der Waals surface area contributed by atoms with Crippen LogP contribution in [0.25, 0.3) is 10.8 Å². The minimum Gasteiger partial charge on any atom is -0.419 e. The number of anilines is 1. The Kier molecular flexibility index (Phi) is 6.85. The number of aromatic nitrogens is 2. The van der Waals surface area contributed by atoms with Gasteiger partial charge in [0, 0.05) is 13.7 Å². The van der Waals surface area contributed by atoms with Gasteiger partial charge in [-0.2, -0.15) is 0 Å². The molecule has 28 heavy (non-hydrogen) atoms. The Labute approximate surface area is 166 Å². The monoisotopic (exact) mass is 404 g/mol. The van der Waals surface area contributed by atoms with Crippen molar-refractivity contribution in [2.24, 2.45) is 0 Å². The maximum Gasteiger partial charge on any atom is 0.257 e. The average molecular weight is 404 g/mol. The highest BCUT2D eigenvalue weighted by Crippen LogP contribution is 2.23. The molecule has 0 atom stereocenters. The van der Waals surface area contributed by atoms with Crippen LogP contribution in [-0.2, 0) is 16.1 Å². The first-order chi connectivity index (χ1) is 13.5.